The van der Waals surface area contributed by atoms with E-state index < -0.39 is 0 Å². The van der Waals surface area contributed by atoms with Crippen molar-refractivity contribution in [2.45, 2.75) is 32.6 Å². The van der Waals surface area contributed by atoms with Gasteiger partial charge in [0, 0.05) is 5.02 Å². The summed E-state index contributed by atoms with van der Waals surface area (Å²) in [6, 6.07) is 3.81. The Kier molecular flexibility index (Phi) is 4.38. The van der Waals surface area contributed by atoms with Gasteiger partial charge in [0.15, 0.2) is 0 Å². The van der Waals surface area contributed by atoms with Crippen LogP contribution in [0.25, 0.3) is 0 Å². The normalized spacial score (nSPS) is 11.1. The molecule has 2 aromatic rings. The molecule has 0 N–H and O–H groups in total. The third-order valence-corrected chi connectivity index (χ3v) is 3.38. The van der Waals surface area contributed by atoms with Crippen LogP contribution in [0.4, 0.5) is 0 Å². The van der Waals surface area contributed by atoms with Gasteiger partial charge in [-0.2, -0.15) is 4.98 Å². The van der Waals surface area contributed by atoms with E-state index in [4.69, 9.17) is 32.4 Å². The molecular formula is C14H15Cl2NO2. The third kappa shape index (κ3) is 3.23. The number of aromatic nitrogens is 1. The number of nitrogens with zero attached hydrogens (tertiary/aromatic N) is 1. The molecule has 0 fully saturated rings. The zero-order valence-corrected chi connectivity index (χ0v) is 12.5. The summed E-state index contributed by atoms with van der Waals surface area (Å²) in [4.78, 5) is 4.11. The molecule has 1 aromatic heterocycles. The van der Waals surface area contributed by atoms with Crippen LogP contribution in [0.3, 0.4) is 0 Å². The first kappa shape index (κ1) is 14.2. The van der Waals surface area contributed by atoms with Gasteiger partial charge in [-0.15, -0.1) is 11.6 Å². The SMILES string of the molecule is Cc1cc(Cl)c(C(C)C)cc1Oc1nc(CCl)co1. The lowest BCUT2D eigenvalue weighted by Crippen LogP contribution is -1.94. The van der Waals surface area contributed by atoms with E-state index in [1.165, 1.54) is 6.26 Å². The van der Waals surface area contributed by atoms with E-state index in [-0.39, 0.29) is 6.08 Å². The van der Waals surface area contributed by atoms with Gasteiger partial charge in [-0.1, -0.05) is 25.4 Å². The van der Waals surface area contributed by atoms with Crippen molar-refractivity contribution in [3.63, 3.8) is 0 Å². The lowest BCUT2D eigenvalue weighted by molar-refractivity contribution is 0.329. The fraction of sp³-hybridized carbons (Fsp3) is 0.357. The number of oxazole rings is 1. The van der Waals surface area contributed by atoms with Crippen molar-refractivity contribution in [2.75, 3.05) is 0 Å². The van der Waals surface area contributed by atoms with E-state index in [1.54, 1.807) is 0 Å². The molecule has 5 heteroatoms. The molecule has 0 aliphatic carbocycles. The Morgan fingerprint density at radius 3 is 2.68 bits per heavy atom. The molecule has 102 valence electrons. The van der Waals surface area contributed by atoms with Gasteiger partial charge in [-0.25, -0.2) is 0 Å². The molecule has 0 unspecified atom stereocenters. The van der Waals surface area contributed by atoms with Crippen LogP contribution >= 0.6 is 23.2 Å². The number of rotatable bonds is 4. The van der Waals surface area contributed by atoms with E-state index in [0.29, 0.717) is 23.2 Å². The van der Waals surface area contributed by atoms with Crippen molar-refractivity contribution in [3.05, 3.63) is 40.2 Å². The lowest BCUT2D eigenvalue weighted by Gasteiger charge is -2.12. The van der Waals surface area contributed by atoms with Crippen LogP contribution in [0.5, 0.6) is 11.8 Å². The first-order chi connectivity index (χ1) is 9.01. The summed E-state index contributed by atoms with van der Waals surface area (Å²) in [7, 11) is 0. The van der Waals surface area contributed by atoms with Gasteiger partial charge in [0.2, 0.25) is 0 Å². The Labute approximate surface area is 122 Å². The molecule has 0 radical (unpaired) electrons. The smallest absolute Gasteiger partial charge is 0.399 e. The first-order valence-corrected chi connectivity index (χ1v) is 6.90. The Morgan fingerprint density at radius 2 is 2.11 bits per heavy atom. The van der Waals surface area contributed by atoms with Crippen LogP contribution in [0, 0.1) is 6.92 Å². The van der Waals surface area contributed by atoms with E-state index >= 15 is 0 Å². The van der Waals surface area contributed by atoms with Crippen LogP contribution in [0.2, 0.25) is 5.02 Å². The van der Waals surface area contributed by atoms with Gasteiger partial charge in [0.05, 0.1) is 11.6 Å². The van der Waals surface area contributed by atoms with Crippen molar-refractivity contribution < 1.29 is 9.15 Å². The average Bonchev–Trinajstić information content (AvgIpc) is 2.80. The largest absolute Gasteiger partial charge is 0.417 e. The predicted octanol–water partition coefficient (Wildman–Crippen LogP) is 5.29. The molecule has 0 amide bonds. The molecule has 1 aromatic carbocycles. The summed E-state index contributed by atoms with van der Waals surface area (Å²) in [5.41, 5.74) is 2.61. The second-order valence-electron chi connectivity index (χ2n) is 4.63. The minimum atomic E-state index is 0.191. The number of benzene rings is 1. The van der Waals surface area contributed by atoms with Gasteiger partial charge in [-0.3, -0.25) is 0 Å². The summed E-state index contributed by atoms with van der Waals surface area (Å²) < 4.78 is 10.8. The fourth-order valence-electron chi connectivity index (χ4n) is 1.71. The highest BCUT2D eigenvalue weighted by Crippen LogP contribution is 2.33. The molecule has 0 bridgehead atoms. The molecule has 0 saturated heterocycles. The van der Waals surface area contributed by atoms with Crippen molar-refractivity contribution in [2.24, 2.45) is 0 Å². The van der Waals surface area contributed by atoms with E-state index in [2.05, 4.69) is 18.8 Å². The average molecular weight is 300 g/mol. The number of aryl methyl sites for hydroxylation is 1. The number of hydrogen-bond donors (Lipinski definition) is 0. The minimum absolute atomic E-state index is 0.191. The molecule has 0 aliphatic heterocycles. The summed E-state index contributed by atoms with van der Waals surface area (Å²) in [6.07, 6.45) is 1.67. The summed E-state index contributed by atoms with van der Waals surface area (Å²) >= 11 is 11.9. The fourth-order valence-corrected chi connectivity index (χ4v) is 2.27. The summed E-state index contributed by atoms with van der Waals surface area (Å²) in [5, 5.41) is 0.744. The molecular weight excluding hydrogens is 285 g/mol. The van der Waals surface area contributed by atoms with Crippen molar-refractivity contribution >= 4 is 23.2 Å². The molecule has 0 aliphatic rings. The Morgan fingerprint density at radius 1 is 1.37 bits per heavy atom. The second kappa shape index (κ2) is 5.85. The topological polar surface area (TPSA) is 35.3 Å². The highest BCUT2D eigenvalue weighted by Gasteiger charge is 2.13. The van der Waals surface area contributed by atoms with Gasteiger partial charge in [-0.05, 0) is 36.1 Å². The van der Waals surface area contributed by atoms with E-state index in [1.807, 2.05) is 19.1 Å². The standard InChI is InChI=1S/C14H15Cl2NO2/c1-8(2)11-5-13(9(3)4-12(11)16)19-14-17-10(6-15)7-18-14/h4-5,7-8H,6H2,1-3H3. The third-order valence-electron chi connectivity index (χ3n) is 2.78. The number of halogens is 2. The zero-order valence-electron chi connectivity index (χ0n) is 11.0. The van der Waals surface area contributed by atoms with Gasteiger partial charge >= 0.3 is 6.08 Å². The number of ether oxygens (including phenoxy) is 1. The number of hydrogen-bond acceptors (Lipinski definition) is 3. The van der Waals surface area contributed by atoms with Crippen LogP contribution in [0.15, 0.2) is 22.8 Å². The van der Waals surface area contributed by atoms with Crippen LogP contribution in [-0.2, 0) is 5.88 Å². The summed E-state index contributed by atoms with van der Waals surface area (Å²) in [5.74, 6) is 1.30. The van der Waals surface area contributed by atoms with Gasteiger partial charge in [0.1, 0.15) is 12.0 Å². The predicted molar refractivity (Wildman–Crippen MR) is 76.4 cm³/mol. The molecule has 3 nitrogen and oxygen atoms in total. The maximum Gasteiger partial charge on any atom is 0.399 e. The van der Waals surface area contributed by atoms with Crippen molar-refractivity contribution in [1.82, 2.24) is 4.98 Å². The zero-order chi connectivity index (χ0) is 14.0. The molecule has 1 heterocycles. The van der Waals surface area contributed by atoms with Crippen molar-refractivity contribution in [3.8, 4) is 11.8 Å². The summed E-state index contributed by atoms with van der Waals surface area (Å²) in [6.45, 7) is 6.09. The highest BCUT2D eigenvalue weighted by molar-refractivity contribution is 6.31. The molecule has 0 spiro atoms. The van der Waals surface area contributed by atoms with Crippen LogP contribution < -0.4 is 4.74 Å². The molecule has 19 heavy (non-hydrogen) atoms. The number of alkyl halides is 1. The highest BCUT2D eigenvalue weighted by atomic mass is 35.5. The lowest BCUT2D eigenvalue weighted by atomic mass is 10.0. The monoisotopic (exact) mass is 299 g/mol. The Bertz CT molecular complexity index is 579. The quantitative estimate of drug-likeness (QED) is 0.719. The van der Waals surface area contributed by atoms with Crippen LogP contribution in [0.1, 0.15) is 36.6 Å². The Hall–Kier alpha value is -1.19. The van der Waals surface area contributed by atoms with Gasteiger partial charge < -0.3 is 9.15 Å². The van der Waals surface area contributed by atoms with E-state index in [0.717, 1.165) is 16.1 Å². The molecule has 0 atom stereocenters. The van der Waals surface area contributed by atoms with E-state index in [9.17, 15) is 0 Å². The molecule has 0 saturated carbocycles. The van der Waals surface area contributed by atoms with Crippen LogP contribution in [-0.4, -0.2) is 4.98 Å². The minimum Gasteiger partial charge on any atom is -0.417 e. The molecule has 2 rings (SSSR count). The first-order valence-electron chi connectivity index (χ1n) is 5.99. The Balaban J connectivity index is 2.31. The maximum atomic E-state index is 6.21. The second-order valence-corrected chi connectivity index (χ2v) is 5.31. The maximum absolute atomic E-state index is 6.21. The van der Waals surface area contributed by atoms with Crippen molar-refractivity contribution in [1.29, 1.82) is 0 Å². The van der Waals surface area contributed by atoms with Gasteiger partial charge in [0.25, 0.3) is 0 Å².